The number of benzene rings is 2. The zero-order valence-electron chi connectivity index (χ0n) is 19.1. The zero-order valence-corrected chi connectivity index (χ0v) is 19.1. The third kappa shape index (κ3) is 5.69. The van der Waals surface area contributed by atoms with Crippen molar-refractivity contribution in [2.24, 2.45) is 0 Å². The van der Waals surface area contributed by atoms with Crippen LogP contribution in [-0.4, -0.2) is 48.2 Å². The Kier molecular flexibility index (Phi) is 7.38. The van der Waals surface area contributed by atoms with Gasteiger partial charge in [-0.1, -0.05) is 36.4 Å². The summed E-state index contributed by atoms with van der Waals surface area (Å²) in [5.41, 5.74) is 2.54. The predicted octanol–water partition coefficient (Wildman–Crippen LogP) is 5.46. The van der Waals surface area contributed by atoms with Crippen molar-refractivity contribution in [3.63, 3.8) is 0 Å². The number of rotatable bonds is 7. The van der Waals surface area contributed by atoms with E-state index in [1.54, 1.807) is 0 Å². The molecule has 2 heterocycles. The van der Waals surface area contributed by atoms with Gasteiger partial charge in [0.1, 0.15) is 0 Å². The van der Waals surface area contributed by atoms with E-state index in [4.69, 9.17) is 4.74 Å². The van der Waals surface area contributed by atoms with Crippen molar-refractivity contribution in [2.45, 2.75) is 26.1 Å². The molecule has 1 fully saturated rings. The summed E-state index contributed by atoms with van der Waals surface area (Å²) in [7, 11) is 0. The SMILES string of the molecule is Cc1c(NC(=O)c2cccc(C(F)(F)F)c2)cc(-c2ccccc2)n1CCCN1CCOCC1. The van der Waals surface area contributed by atoms with E-state index in [9.17, 15) is 18.0 Å². The van der Waals surface area contributed by atoms with Crippen LogP contribution in [0.4, 0.5) is 18.9 Å². The van der Waals surface area contributed by atoms with Gasteiger partial charge in [-0.2, -0.15) is 13.2 Å². The molecule has 180 valence electrons. The van der Waals surface area contributed by atoms with Gasteiger partial charge in [-0.3, -0.25) is 9.69 Å². The highest BCUT2D eigenvalue weighted by atomic mass is 19.4. The summed E-state index contributed by atoms with van der Waals surface area (Å²) in [5, 5.41) is 2.82. The minimum Gasteiger partial charge on any atom is -0.379 e. The molecule has 1 saturated heterocycles. The van der Waals surface area contributed by atoms with Crippen LogP contribution in [0.5, 0.6) is 0 Å². The lowest BCUT2D eigenvalue weighted by molar-refractivity contribution is -0.137. The Balaban J connectivity index is 1.56. The van der Waals surface area contributed by atoms with Crippen molar-refractivity contribution >= 4 is 11.6 Å². The first-order valence-electron chi connectivity index (χ1n) is 11.4. The van der Waals surface area contributed by atoms with Crippen LogP contribution in [-0.2, 0) is 17.5 Å². The summed E-state index contributed by atoms with van der Waals surface area (Å²) in [5.74, 6) is -0.570. The van der Waals surface area contributed by atoms with Crippen LogP contribution in [0.15, 0.2) is 60.7 Å². The van der Waals surface area contributed by atoms with E-state index >= 15 is 0 Å². The molecule has 4 rings (SSSR count). The second-order valence-electron chi connectivity index (χ2n) is 8.39. The fourth-order valence-corrected chi connectivity index (χ4v) is 4.22. The molecule has 34 heavy (non-hydrogen) atoms. The standard InChI is InChI=1S/C26H28F3N3O2/c1-19-23(30-25(33)21-9-5-10-22(17-21)26(27,28)29)18-24(20-7-3-2-4-8-20)32(19)12-6-11-31-13-15-34-16-14-31/h2-5,7-10,17-18H,6,11-16H2,1H3,(H,30,33). The molecular weight excluding hydrogens is 443 g/mol. The average Bonchev–Trinajstić information content (AvgIpc) is 3.15. The highest BCUT2D eigenvalue weighted by molar-refractivity contribution is 6.05. The Morgan fingerprint density at radius 2 is 1.74 bits per heavy atom. The molecule has 0 bridgehead atoms. The van der Waals surface area contributed by atoms with E-state index < -0.39 is 17.6 Å². The fraction of sp³-hybridized carbons (Fsp3) is 0.346. The molecular formula is C26H28F3N3O2. The quantitative estimate of drug-likeness (QED) is 0.498. The van der Waals surface area contributed by atoms with Gasteiger partial charge in [-0.15, -0.1) is 0 Å². The van der Waals surface area contributed by atoms with Gasteiger partial charge in [-0.05, 0) is 43.2 Å². The third-order valence-electron chi connectivity index (χ3n) is 6.10. The number of hydrogen-bond acceptors (Lipinski definition) is 3. The minimum atomic E-state index is -4.50. The maximum Gasteiger partial charge on any atom is 0.416 e. The molecule has 1 aromatic heterocycles. The van der Waals surface area contributed by atoms with Crippen LogP contribution in [0, 0.1) is 6.92 Å². The molecule has 1 aliphatic heterocycles. The first-order chi connectivity index (χ1) is 16.3. The Labute approximate surface area is 197 Å². The second-order valence-corrected chi connectivity index (χ2v) is 8.39. The molecule has 3 aromatic rings. The number of halogens is 3. The Bertz CT molecular complexity index is 1120. The number of anilines is 1. The summed E-state index contributed by atoms with van der Waals surface area (Å²) in [6.45, 7) is 6.98. The Morgan fingerprint density at radius 3 is 2.44 bits per heavy atom. The van der Waals surface area contributed by atoms with E-state index in [1.165, 1.54) is 12.1 Å². The first-order valence-corrected chi connectivity index (χ1v) is 11.4. The van der Waals surface area contributed by atoms with E-state index in [0.717, 1.165) is 74.9 Å². The monoisotopic (exact) mass is 471 g/mol. The fourth-order valence-electron chi connectivity index (χ4n) is 4.22. The van der Waals surface area contributed by atoms with Crippen molar-refractivity contribution in [3.8, 4) is 11.3 Å². The van der Waals surface area contributed by atoms with Gasteiger partial charge in [0.15, 0.2) is 0 Å². The molecule has 1 amide bonds. The van der Waals surface area contributed by atoms with Crippen molar-refractivity contribution < 1.29 is 22.7 Å². The molecule has 0 atom stereocenters. The number of nitrogens with one attached hydrogen (secondary N) is 1. The molecule has 0 spiro atoms. The molecule has 5 nitrogen and oxygen atoms in total. The molecule has 2 aromatic carbocycles. The van der Waals surface area contributed by atoms with Gasteiger partial charge >= 0.3 is 6.18 Å². The lowest BCUT2D eigenvalue weighted by atomic mass is 10.1. The number of carbonyl (C=O) groups is 1. The van der Waals surface area contributed by atoms with Crippen LogP contribution >= 0.6 is 0 Å². The molecule has 1 aliphatic rings. The van der Waals surface area contributed by atoms with Crippen LogP contribution < -0.4 is 5.32 Å². The topological polar surface area (TPSA) is 46.5 Å². The van der Waals surface area contributed by atoms with E-state index in [1.807, 2.05) is 43.3 Å². The highest BCUT2D eigenvalue weighted by Crippen LogP contribution is 2.32. The number of carbonyl (C=O) groups excluding carboxylic acids is 1. The van der Waals surface area contributed by atoms with Crippen molar-refractivity contribution in [1.29, 1.82) is 0 Å². The summed E-state index contributed by atoms with van der Waals surface area (Å²) >= 11 is 0. The third-order valence-corrected chi connectivity index (χ3v) is 6.10. The predicted molar refractivity (Wildman–Crippen MR) is 126 cm³/mol. The number of morpholine rings is 1. The minimum absolute atomic E-state index is 0.0319. The van der Waals surface area contributed by atoms with E-state index in [2.05, 4.69) is 14.8 Å². The number of nitrogens with zero attached hydrogens (tertiary/aromatic N) is 2. The number of aromatic nitrogens is 1. The van der Waals surface area contributed by atoms with Gasteiger partial charge in [0.25, 0.3) is 5.91 Å². The summed E-state index contributed by atoms with van der Waals surface area (Å²) in [4.78, 5) is 15.2. The van der Waals surface area contributed by atoms with Gasteiger partial charge < -0.3 is 14.6 Å². The number of ether oxygens (including phenoxy) is 1. The van der Waals surface area contributed by atoms with Gasteiger partial charge in [-0.25, -0.2) is 0 Å². The number of alkyl halides is 3. The van der Waals surface area contributed by atoms with Crippen molar-refractivity contribution in [2.75, 3.05) is 38.2 Å². The normalized spacial score (nSPS) is 14.8. The van der Waals surface area contributed by atoms with Gasteiger partial charge in [0.2, 0.25) is 0 Å². The van der Waals surface area contributed by atoms with Crippen LogP contribution in [0.3, 0.4) is 0 Å². The Morgan fingerprint density at radius 1 is 1.00 bits per heavy atom. The van der Waals surface area contributed by atoms with Gasteiger partial charge in [0.05, 0.1) is 30.2 Å². The Hall–Kier alpha value is -3.10. The van der Waals surface area contributed by atoms with Gasteiger partial charge in [0, 0.05) is 37.4 Å². The molecule has 1 N–H and O–H groups in total. The second kappa shape index (κ2) is 10.4. The molecule has 0 saturated carbocycles. The molecule has 0 unspecified atom stereocenters. The first kappa shape index (κ1) is 24.0. The molecule has 0 radical (unpaired) electrons. The summed E-state index contributed by atoms with van der Waals surface area (Å²) in [6, 6.07) is 16.2. The average molecular weight is 472 g/mol. The summed E-state index contributed by atoms with van der Waals surface area (Å²) in [6.07, 6.45) is -3.58. The van der Waals surface area contributed by atoms with Crippen LogP contribution in [0.2, 0.25) is 0 Å². The smallest absolute Gasteiger partial charge is 0.379 e. The molecule has 8 heteroatoms. The number of hydrogen-bond donors (Lipinski definition) is 1. The highest BCUT2D eigenvalue weighted by Gasteiger charge is 2.31. The van der Waals surface area contributed by atoms with E-state index in [-0.39, 0.29) is 5.56 Å². The largest absolute Gasteiger partial charge is 0.416 e. The maximum absolute atomic E-state index is 13.1. The summed E-state index contributed by atoms with van der Waals surface area (Å²) < 4.78 is 46.8. The molecule has 0 aliphatic carbocycles. The van der Waals surface area contributed by atoms with Crippen LogP contribution in [0.1, 0.15) is 28.0 Å². The lowest BCUT2D eigenvalue weighted by Crippen LogP contribution is -2.37. The van der Waals surface area contributed by atoms with Crippen molar-refractivity contribution in [1.82, 2.24) is 9.47 Å². The number of amides is 1. The van der Waals surface area contributed by atoms with Crippen molar-refractivity contribution in [3.05, 3.63) is 77.5 Å². The van der Waals surface area contributed by atoms with Crippen LogP contribution in [0.25, 0.3) is 11.3 Å². The maximum atomic E-state index is 13.1. The lowest BCUT2D eigenvalue weighted by Gasteiger charge is -2.26. The van der Waals surface area contributed by atoms with E-state index in [0.29, 0.717) is 5.69 Å². The zero-order chi connectivity index (χ0) is 24.1.